The van der Waals surface area contributed by atoms with Crippen LogP contribution in [0.1, 0.15) is 25.7 Å². The summed E-state index contributed by atoms with van der Waals surface area (Å²) in [6.07, 6.45) is 1.64. The van der Waals surface area contributed by atoms with Crippen molar-refractivity contribution in [1.82, 2.24) is 0 Å². The van der Waals surface area contributed by atoms with Gasteiger partial charge in [0.15, 0.2) is 0 Å². The van der Waals surface area contributed by atoms with Gasteiger partial charge in [-0.05, 0) is 19.3 Å². The quantitative estimate of drug-likeness (QED) is 0.483. The van der Waals surface area contributed by atoms with E-state index < -0.39 is 6.16 Å². The number of rotatable bonds is 6. The summed E-state index contributed by atoms with van der Waals surface area (Å²) in [7, 11) is 0. The molecule has 0 aliphatic heterocycles. The monoisotopic (exact) mass is 164 g/mol. The lowest BCUT2D eigenvalue weighted by Gasteiger charge is -1.98. The molecule has 0 unspecified atom stereocenters. The third kappa shape index (κ3) is 9.20. The summed E-state index contributed by atoms with van der Waals surface area (Å²) in [4.78, 5) is 9.81. The van der Waals surface area contributed by atoms with Gasteiger partial charge in [0, 0.05) is 0 Å². The van der Waals surface area contributed by atoms with Crippen molar-refractivity contribution >= 4 is 6.16 Å². The zero-order valence-corrected chi connectivity index (χ0v) is 6.38. The zero-order valence-electron chi connectivity index (χ0n) is 6.38. The lowest BCUT2D eigenvalue weighted by atomic mass is 10.2. The summed E-state index contributed by atoms with van der Waals surface area (Å²) in [6, 6.07) is 0. The predicted octanol–water partition coefficient (Wildman–Crippen LogP) is 2.21. The number of ether oxygens (including phenoxy) is 1. The fourth-order valence-corrected chi connectivity index (χ4v) is 0.710. The van der Waals surface area contributed by atoms with Crippen molar-refractivity contribution < 1.29 is 19.0 Å². The van der Waals surface area contributed by atoms with Gasteiger partial charge in [-0.3, -0.25) is 4.39 Å². The van der Waals surface area contributed by atoms with Crippen LogP contribution in [-0.4, -0.2) is 24.5 Å². The maximum absolute atomic E-state index is 11.5. The summed E-state index contributed by atoms with van der Waals surface area (Å²) in [5, 5.41) is 8.03. The molecule has 11 heavy (non-hydrogen) atoms. The molecule has 3 nitrogen and oxygen atoms in total. The van der Waals surface area contributed by atoms with Crippen LogP contribution in [0.5, 0.6) is 0 Å². The standard InChI is InChI=1S/C7H13FO3/c8-5-3-1-2-4-6-11-7(9)10/h1-6H2,(H,9,10). The van der Waals surface area contributed by atoms with E-state index in [-0.39, 0.29) is 13.3 Å². The van der Waals surface area contributed by atoms with Gasteiger partial charge in [0.1, 0.15) is 0 Å². The van der Waals surface area contributed by atoms with Gasteiger partial charge >= 0.3 is 6.16 Å². The Morgan fingerprint density at radius 1 is 1.27 bits per heavy atom. The number of halogens is 1. The summed E-state index contributed by atoms with van der Waals surface area (Å²) >= 11 is 0. The summed E-state index contributed by atoms with van der Waals surface area (Å²) in [5.74, 6) is 0. The van der Waals surface area contributed by atoms with Crippen LogP contribution in [-0.2, 0) is 4.74 Å². The lowest BCUT2D eigenvalue weighted by molar-refractivity contribution is 0.0899. The number of hydrogen-bond acceptors (Lipinski definition) is 2. The van der Waals surface area contributed by atoms with Gasteiger partial charge in [0.05, 0.1) is 13.3 Å². The van der Waals surface area contributed by atoms with E-state index in [0.717, 1.165) is 12.8 Å². The molecule has 66 valence electrons. The van der Waals surface area contributed by atoms with Gasteiger partial charge in [-0.15, -0.1) is 0 Å². The Morgan fingerprint density at radius 2 is 1.91 bits per heavy atom. The Bertz CT molecular complexity index is 106. The molecule has 0 rings (SSSR count). The second-order valence-electron chi connectivity index (χ2n) is 2.22. The first-order valence-electron chi connectivity index (χ1n) is 3.69. The number of carbonyl (C=O) groups is 1. The van der Waals surface area contributed by atoms with Crippen LogP contribution in [0.4, 0.5) is 9.18 Å². The molecule has 4 heteroatoms. The molecule has 0 aliphatic rings. The molecule has 0 atom stereocenters. The Kier molecular flexibility index (Phi) is 6.78. The Morgan fingerprint density at radius 3 is 2.45 bits per heavy atom. The third-order valence-electron chi connectivity index (χ3n) is 1.25. The minimum absolute atomic E-state index is 0.224. The molecule has 0 saturated heterocycles. The Hall–Kier alpha value is -0.800. The fraction of sp³-hybridized carbons (Fsp3) is 0.857. The van der Waals surface area contributed by atoms with Gasteiger partial charge in [-0.2, -0.15) is 0 Å². The highest BCUT2D eigenvalue weighted by Gasteiger charge is 1.94. The fourth-order valence-electron chi connectivity index (χ4n) is 0.710. The smallest absolute Gasteiger partial charge is 0.450 e. The van der Waals surface area contributed by atoms with E-state index in [9.17, 15) is 9.18 Å². The molecule has 0 amide bonds. The second kappa shape index (κ2) is 7.31. The zero-order chi connectivity index (χ0) is 8.53. The maximum Gasteiger partial charge on any atom is 0.505 e. The Labute approximate surface area is 65.2 Å². The van der Waals surface area contributed by atoms with Crippen LogP contribution in [0, 0.1) is 0 Å². The molecule has 0 aliphatic carbocycles. The van der Waals surface area contributed by atoms with E-state index in [2.05, 4.69) is 4.74 Å². The normalized spacial score (nSPS) is 9.55. The molecule has 0 radical (unpaired) electrons. The van der Waals surface area contributed by atoms with Gasteiger partial charge < -0.3 is 9.84 Å². The van der Waals surface area contributed by atoms with Gasteiger partial charge in [0.25, 0.3) is 0 Å². The van der Waals surface area contributed by atoms with E-state index in [1.165, 1.54) is 0 Å². The van der Waals surface area contributed by atoms with Crippen LogP contribution < -0.4 is 0 Å². The molecular weight excluding hydrogens is 151 g/mol. The van der Waals surface area contributed by atoms with Crippen LogP contribution in [0.2, 0.25) is 0 Å². The van der Waals surface area contributed by atoms with Gasteiger partial charge in [-0.25, -0.2) is 4.79 Å². The molecule has 0 saturated carbocycles. The van der Waals surface area contributed by atoms with Crippen molar-refractivity contribution in [1.29, 1.82) is 0 Å². The van der Waals surface area contributed by atoms with Gasteiger partial charge in [-0.1, -0.05) is 6.42 Å². The van der Waals surface area contributed by atoms with Gasteiger partial charge in [0.2, 0.25) is 0 Å². The Balaban J connectivity index is 2.85. The van der Waals surface area contributed by atoms with Crippen molar-refractivity contribution in [2.24, 2.45) is 0 Å². The summed E-state index contributed by atoms with van der Waals surface area (Å²) in [6.45, 7) is -0.0680. The third-order valence-corrected chi connectivity index (χ3v) is 1.25. The molecule has 0 fully saturated rings. The summed E-state index contributed by atoms with van der Waals surface area (Å²) < 4.78 is 15.8. The van der Waals surface area contributed by atoms with Crippen LogP contribution in [0.3, 0.4) is 0 Å². The molecular formula is C7H13FO3. The highest BCUT2D eigenvalue weighted by atomic mass is 19.1. The largest absolute Gasteiger partial charge is 0.505 e. The van der Waals surface area contributed by atoms with Crippen molar-refractivity contribution in [3.8, 4) is 0 Å². The molecule has 1 N–H and O–H groups in total. The predicted molar refractivity (Wildman–Crippen MR) is 38.4 cm³/mol. The molecule has 0 bridgehead atoms. The van der Waals surface area contributed by atoms with Crippen molar-refractivity contribution in [3.63, 3.8) is 0 Å². The van der Waals surface area contributed by atoms with Crippen LogP contribution in [0.15, 0.2) is 0 Å². The first kappa shape index (κ1) is 10.2. The molecule has 0 spiro atoms. The first-order chi connectivity index (χ1) is 5.27. The van der Waals surface area contributed by atoms with E-state index >= 15 is 0 Å². The number of carboxylic acid groups (broad SMARTS) is 1. The molecule has 0 aromatic carbocycles. The highest BCUT2D eigenvalue weighted by molar-refractivity contribution is 5.56. The number of hydrogen-bond donors (Lipinski definition) is 1. The molecule has 0 aromatic rings. The average molecular weight is 164 g/mol. The second-order valence-corrected chi connectivity index (χ2v) is 2.22. The molecule has 0 aromatic heterocycles. The SMILES string of the molecule is O=C(O)OCCCCCCF. The highest BCUT2D eigenvalue weighted by Crippen LogP contribution is 1.99. The van der Waals surface area contributed by atoms with Crippen LogP contribution >= 0.6 is 0 Å². The number of alkyl halides is 1. The minimum Gasteiger partial charge on any atom is -0.450 e. The minimum atomic E-state index is -1.24. The van der Waals surface area contributed by atoms with Crippen molar-refractivity contribution in [3.05, 3.63) is 0 Å². The van der Waals surface area contributed by atoms with E-state index in [0.29, 0.717) is 12.8 Å². The first-order valence-corrected chi connectivity index (χ1v) is 3.69. The average Bonchev–Trinajstić information content (AvgIpc) is 1.96. The van der Waals surface area contributed by atoms with E-state index in [4.69, 9.17) is 5.11 Å². The maximum atomic E-state index is 11.5. The molecule has 0 heterocycles. The summed E-state index contributed by atoms with van der Waals surface area (Å²) in [5.41, 5.74) is 0. The van der Waals surface area contributed by atoms with Crippen molar-refractivity contribution in [2.75, 3.05) is 13.3 Å². The topological polar surface area (TPSA) is 46.5 Å². The number of unbranched alkanes of at least 4 members (excludes halogenated alkanes) is 3. The van der Waals surface area contributed by atoms with E-state index in [1.54, 1.807) is 0 Å². The lowest BCUT2D eigenvalue weighted by Crippen LogP contribution is -2.01. The van der Waals surface area contributed by atoms with Crippen molar-refractivity contribution in [2.45, 2.75) is 25.7 Å². The van der Waals surface area contributed by atoms with E-state index in [1.807, 2.05) is 0 Å². The van der Waals surface area contributed by atoms with Crippen LogP contribution in [0.25, 0.3) is 0 Å².